The molecule has 0 unspecified atom stereocenters. The van der Waals surface area contributed by atoms with Crippen LogP contribution in [-0.4, -0.2) is 41.6 Å². The highest BCUT2D eigenvalue weighted by Gasteiger charge is 2.29. The van der Waals surface area contributed by atoms with Gasteiger partial charge in [-0.2, -0.15) is 0 Å². The fourth-order valence-corrected chi connectivity index (χ4v) is 4.32. The number of carbonyl (C=O) groups is 1. The maximum absolute atomic E-state index is 12.6. The average Bonchev–Trinajstić information content (AvgIpc) is 2.69. The maximum atomic E-state index is 12.6. The molecule has 0 aromatic heterocycles. The van der Waals surface area contributed by atoms with Gasteiger partial charge in [0.25, 0.3) is 0 Å². The standard InChI is InChI=1S/C21H31N3OS/c25-20(18-9-5-2-6-10-18)24-15-12-19(13-16-24)23-21(26)22-14-11-17-7-3-1-4-8-17/h1,3-4,7-8,18-19H,2,5-6,9-16H2,(H2,22,23,26). The predicted octanol–water partition coefficient (Wildman–Crippen LogP) is 3.26. The molecule has 26 heavy (non-hydrogen) atoms. The van der Waals surface area contributed by atoms with Crippen LogP contribution in [-0.2, 0) is 11.2 Å². The minimum atomic E-state index is 0.286. The van der Waals surface area contributed by atoms with Gasteiger partial charge in [-0.15, -0.1) is 0 Å². The van der Waals surface area contributed by atoms with E-state index >= 15 is 0 Å². The van der Waals surface area contributed by atoms with Crippen molar-refractivity contribution in [3.05, 3.63) is 35.9 Å². The van der Waals surface area contributed by atoms with Crippen LogP contribution >= 0.6 is 12.2 Å². The highest BCUT2D eigenvalue weighted by molar-refractivity contribution is 7.80. The fraction of sp³-hybridized carbons (Fsp3) is 0.619. The molecule has 2 fully saturated rings. The minimum Gasteiger partial charge on any atom is -0.362 e. The van der Waals surface area contributed by atoms with E-state index in [1.165, 1.54) is 24.8 Å². The first-order chi connectivity index (χ1) is 12.7. The lowest BCUT2D eigenvalue weighted by atomic mass is 9.87. The second-order valence-corrected chi connectivity index (χ2v) is 7.98. The van der Waals surface area contributed by atoms with Gasteiger partial charge in [0.15, 0.2) is 5.11 Å². The molecule has 1 aromatic rings. The second kappa shape index (κ2) is 9.91. The lowest BCUT2D eigenvalue weighted by Gasteiger charge is -2.35. The van der Waals surface area contributed by atoms with E-state index in [4.69, 9.17) is 12.2 Å². The summed E-state index contributed by atoms with van der Waals surface area (Å²) in [6.45, 7) is 2.56. The number of nitrogens with zero attached hydrogens (tertiary/aromatic N) is 1. The Morgan fingerprint density at radius 1 is 1.04 bits per heavy atom. The molecule has 0 bridgehead atoms. The summed E-state index contributed by atoms with van der Waals surface area (Å²) in [7, 11) is 0. The molecule has 5 heteroatoms. The van der Waals surface area contributed by atoms with Crippen molar-refractivity contribution >= 4 is 23.2 Å². The van der Waals surface area contributed by atoms with Gasteiger partial charge in [-0.05, 0) is 49.9 Å². The van der Waals surface area contributed by atoms with Gasteiger partial charge in [0.05, 0.1) is 0 Å². The summed E-state index contributed by atoms with van der Waals surface area (Å²) in [5, 5.41) is 7.46. The topological polar surface area (TPSA) is 44.4 Å². The lowest BCUT2D eigenvalue weighted by Crippen LogP contribution is -2.50. The third-order valence-electron chi connectivity index (χ3n) is 5.64. The third kappa shape index (κ3) is 5.70. The van der Waals surface area contributed by atoms with E-state index in [9.17, 15) is 4.79 Å². The molecule has 4 nitrogen and oxygen atoms in total. The quantitative estimate of drug-likeness (QED) is 0.778. The smallest absolute Gasteiger partial charge is 0.225 e. The Bertz CT molecular complexity index is 578. The summed E-state index contributed by atoms with van der Waals surface area (Å²) < 4.78 is 0. The molecule has 0 spiro atoms. The first-order valence-corrected chi connectivity index (χ1v) is 10.5. The minimum absolute atomic E-state index is 0.286. The average molecular weight is 374 g/mol. The van der Waals surface area contributed by atoms with Crippen molar-refractivity contribution in [3.63, 3.8) is 0 Å². The number of carbonyl (C=O) groups excluding carboxylic acids is 1. The molecule has 0 radical (unpaired) electrons. The Kier molecular flexibility index (Phi) is 7.30. The van der Waals surface area contributed by atoms with Crippen molar-refractivity contribution < 1.29 is 4.79 Å². The predicted molar refractivity (Wildman–Crippen MR) is 110 cm³/mol. The van der Waals surface area contributed by atoms with Crippen LogP contribution in [0, 0.1) is 5.92 Å². The van der Waals surface area contributed by atoms with Crippen LogP contribution in [0.5, 0.6) is 0 Å². The van der Waals surface area contributed by atoms with E-state index in [-0.39, 0.29) is 5.92 Å². The second-order valence-electron chi connectivity index (χ2n) is 7.57. The van der Waals surface area contributed by atoms with Crippen molar-refractivity contribution in [3.8, 4) is 0 Å². The van der Waals surface area contributed by atoms with Crippen molar-refractivity contribution in [2.45, 2.75) is 57.4 Å². The van der Waals surface area contributed by atoms with E-state index < -0.39 is 0 Å². The Morgan fingerprint density at radius 2 is 1.73 bits per heavy atom. The molecule has 2 N–H and O–H groups in total. The zero-order valence-electron chi connectivity index (χ0n) is 15.6. The summed E-state index contributed by atoms with van der Waals surface area (Å²) in [5.74, 6) is 0.681. The van der Waals surface area contributed by atoms with E-state index in [1.54, 1.807) is 0 Å². The molecule has 2 aliphatic rings. The zero-order valence-corrected chi connectivity index (χ0v) is 16.4. The van der Waals surface area contributed by atoms with Gasteiger partial charge >= 0.3 is 0 Å². The molecule has 1 saturated carbocycles. The molecule has 3 rings (SSSR count). The summed E-state index contributed by atoms with van der Waals surface area (Å²) >= 11 is 5.43. The van der Waals surface area contributed by atoms with Gasteiger partial charge in [-0.1, -0.05) is 49.6 Å². The van der Waals surface area contributed by atoms with E-state index in [2.05, 4.69) is 39.8 Å². The summed E-state index contributed by atoms with van der Waals surface area (Å²) in [6, 6.07) is 10.8. The number of likely N-dealkylation sites (tertiary alicyclic amines) is 1. The normalized spacial score (nSPS) is 19.2. The van der Waals surface area contributed by atoms with Gasteiger partial charge in [-0.25, -0.2) is 0 Å². The SMILES string of the molecule is O=C(C1CCCCC1)N1CCC(NC(=S)NCCc2ccccc2)CC1. The number of hydrogen-bond acceptors (Lipinski definition) is 2. The van der Waals surface area contributed by atoms with E-state index in [1.807, 2.05) is 6.07 Å². The Morgan fingerprint density at radius 3 is 2.42 bits per heavy atom. The van der Waals surface area contributed by atoms with E-state index in [0.29, 0.717) is 11.9 Å². The molecule has 142 valence electrons. The number of benzene rings is 1. The number of amides is 1. The number of hydrogen-bond donors (Lipinski definition) is 2. The molecular weight excluding hydrogens is 342 g/mol. The first-order valence-electron chi connectivity index (χ1n) is 10.1. The highest BCUT2D eigenvalue weighted by Crippen LogP contribution is 2.26. The maximum Gasteiger partial charge on any atom is 0.225 e. The molecule has 1 aliphatic heterocycles. The van der Waals surface area contributed by atoms with Gasteiger partial charge in [0, 0.05) is 31.6 Å². The molecule has 1 aliphatic carbocycles. The van der Waals surface area contributed by atoms with Crippen molar-refractivity contribution in [2.75, 3.05) is 19.6 Å². The molecule has 1 saturated heterocycles. The highest BCUT2D eigenvalue weighted by atomic mass is 32.1. The molecular formula is C21H31N3OS. The number of rotatable bonds is 5. The van der Waals surface area contributed by atoms with Gasteiger partial charge in [0.2, 0.25) is 5.91 Å². The summed E-state index contributed by atoms with van der Waals surface area (Å²) in [6.07, 6.45) is 8.85. The first kappa shape index (κ1) is 19.2. The largest absolute Gasteiger partial charge is 0.362 e. The molecule has 1 heterocycles. The van der Waals surface area contributed by atoms with Gasteiger partial charge < -0.3 is 15.5 Å². The van der Waals surface area contributed by atoms with Crippen LogP contribution in [0.1, 0.15) is 50.5 Å². The van der Waals surface area contributed by atoms with Crippen molar-refractivity contribution in [1.29, 1.82) is 0 Å². The van der Waals surface area contributed by atoms with Crippen LogP contribution in [0.4, 0.5) is 0 Å². The number of nitrogens with one attached hydrogen (secondary N) is 2. The Labute approximate surface area is 162 Å². The van der Waals surface area contributed by atoms with Crippen LogP contribution in [0.25, 0.3) is 0 Å². The summed E-state index contributed by atoms with van der Waals surface area (Å²) in [5.41, 5.74) is 1.32. The third-order valence-corrected chi connectivity index (χ3v) is 5.90. The zero-order chi connectivity index (χ0) is 18.2. The Hall–Kier alpha value is -1.62. The number of piperidine rings is 1. The lowest BCUT2D eigenvalue weighted by molar-refractivity contribution is -0.137. The fourth-order valence-electron chi connectivity index (χ4n) is 4.05. The molecule has 1 amide bonds. The van der Waals surface area contributed by atoms with Crippen molar-refractivity contribution in [2.24, 2.45) is 5.92 Å². The number of thiocarbonyl (C=S) groups is 1. The van der Waals surface area contributed by atoms with Crippen LogP contribution in [0.2, 0.25) is 0 Å². The Balaban J connectivity index is 1.33. The molecule has 0 atom stereocenters. The van der Waals surface area contributed by atoms with Gasteiger partial charge in [-0.3, -0.25) is 4.79 Å². The summed E-state index contributed by atoms with van der Waals surface area (Å²) in [4.78, 5) is 14.7. The van der Waals surface area contributed by atoms with Crippen LogP contribution in [0.15, 0.2) is 30.3 Å². The van der Waals surface area contributed by atoms with E-state index in [0.717, 1.165) is 56.9 Å². The van der Waals surface area contributed by atoms with Crippen LogP contribution in [0.3, 0.4) is 0 Å². The molecule has 1 aromatic carbocycles. The van der Waals surface area contributed by atoms with Crippen LogP contribution < -0.4 is 10.6 Å². The van der Waals surface area contributed by atoms with Crippen molar-refractivity contribution in [1.82, 2.24) is 15.5 Å². The monoisotopic (exact) mass is 373 g/mol. The van der Waals surface area contributed by atoms with Gasteiger partial charge in [0.1, 0.15) is 0 Å².